The first-order valence-corrected chi connectivity index (χ1v) is 8.68. The Morgan fingerprint density at radius 1 is 1.00 bits per heavy atom. The maximum atomic E-state index is 12.7. The Balaban J connectivity index is 2.12. The molecule has 0 aliphatic heterocycles. The van der Waals surface area contributed by atoms with E-state index in [1.54, 1.807) is 0 Å². The van der Waals surface area contributed by atoms with Crippen molar-refractivity contribution in [2.45, 2.75) is 74.5 Å². The summed E-state index contributed by atoms with van der Waals surface area (Å²) in [6.07, 6.45) is 9.89. The van der Waals surface area contributed by atoms with Crippen LogP contribution in [0.25, 0.3) is 0 Å². The average molecular weight is 265 g/mol. The summed E-state index contributed by atoms with van der Waals surface area (Å²) in [5.41, 5.74) is -0.0168. The van der Waals surface area contributed by atoms with Crippen molar-refractivity contribution >= 4 is 19.0 Å². The van der Waals surface area contributed by atoms with E-state index in [0.29, 0.717) is 0 Å². The van der Waals surface area contributed by atoms with E-state index < -0.39 is 12.0 Å². The van der Waals surface area contributed by atoms with Crippen LogP contribution in [-0.2, 0) is 4.57 Å². The minimum atomic E-state index is -3.19. The first-order chi connectivity index (χ1) is 7.56. The third-order valence-corrected chi connectivity index (χ3v) is 8.47. The molecule has 2 fully saturated rings. The lowest BCUT2D eigenvalue weighted by Gasteiger charge is -2.40. The number of alkyl halides is 1. The maximum absolute atomic E-state index is 12.7. The maximum Gasteiger partial charge on any atom is 0.223 e. The van der Waals surface area contributed by atoms with E-state index in [2.05, 4.69) is 0 Å². The molecule has 0 saturated heterocycles. The van der Waals surface area contributed by atoms with Gasteiger partial charge in [0.1, 0.15) is 4.62 Å². The molecule has 1 atom stereocenters. The molecular weight excluding hydrogens is 243 g/mol. The van der Waals surface area contributed by atoms with Gasteiger partial charge in [-0.1, -0.05) is 38.5 Å². The fourth-order valence-corrected chi connectivity index (χ4v) is 6.53. The molecule has 2 rings (SSSR count). The quantitative estimate of drug-likeness (QED) is 0.589. The zero-order valence-corrected chi connectivity index (χ0v) is 11.5. The highest BCUT2D eigenvalue weighted by atomic mass is 35.5. The lowest BCUT2D eigenvalue weighted by molar-refractivity contribution is 0.370. The molecule has 0 aromatic heterocycles. The molecule has 0 aromatic rings. The molecule has 0 bridgehead atoms. The van der Waals surface area contributed by atoms with E-state index in [9.17, 15) is 9.46 Å². The topological polar surface area (TPSA) is 37.3 Å². The molecule has 16 heavy (non-hydrogen) atoms. The minimum Gasteiger partial charge on any atom is -0.343 e. The Hall–Kier alpha value is 0.480. The van der Waals surface area contributed by atoms with Gasteiger partial charge >= 0.3 is 0 Å². The van der Waals surface area contributed by atoms with Crippen molar-refractivity contribution < 1.29 is 9.46 Å². The predicted molar refractivity (Wildman–Crippen MR) is 68.4 cm³/mol. The van der Waals surface area contributed by atoms with Crippen LogP contribution in [0.5, 0.6) is 0 Å². The molecule has 2 nitrogen and oxygen atoms in total. The Labute approximate surface area is 103 Å². The Kier molecular flexibility index (Phi) is 4.04. The highest BCUT2D eigenvalue weighted by Gasteiger charge is 2.50. The van der Waals surface area contributed by atoms with Gasteiger partial charge in [0, 0.05) is 5.66 Å². The van der Waals surface area contributed by atoms with Crippen LogP contribution in [0.1, 0.15) is 64.2 Å². The van der Waals surface area contributed by atoms with E-state index in [-0.39, 0.29) is 5.66 Å². The third kappa shape index (κ3) is 2.35. The van der Waals surface area contributed by atoms with Crippen molar-refractivity contribution in [2.75, 3.05) is 0 Å². The molecule has 0 radical (unpaired) electrons. The number of hydrogen-bond acceptors (Lipinski definition) is 1. The predicted octanol–water partition coefficient (Wildman–Crippen LogP) is 4.49. The van der Waals surface area contributed by atoms with Crippen molar-refractivity contribution in [2.24, 2.45) is 0 Å². The molecule has 94 valence electrons. The molecular formula is C12H22ClO2P. The fourth-order valence-electron chi connectivity index (χ4n) is 3.17. The Morgan fingerprint density at radius 3 is 2.06 bits per heavy atom. The van der Waals surface area contributed by atoms with Gasteiger partial charge in [0.05, 0.1) is 0 Å². The zero-order chi connectivity index (χ0) is 11.6. The molecule has 2 aliphatic rings. The largest absolute Gasteiger partial charge is 0.343 e. The monoisotopic (exact) mass is 264 g/mol. The van der Waals surface area contributed by atoms with Crippen molar-refractivity contribution in [3.8, 4) is 0 Å². The number of rotatable bonds is 2. The van der Waals surface area contributed by atoms with Crippen molar-refractivity contribution in [3.05, 3.63) is 0 Å². The molecule has 4 heteroatoms. The van der Waals surface area contributed by atoms with Crippen molar-refractivity contribution in [1.82, 2.24) is 0 Å². The second kappa shape index (κ2) is 5.00. The molecule has 1 N–H and O–H groups in total. The smallest absolute Gasteiger partial charge is 0.223 e. The van der Waals surface area contributed by atoms with E-state index in [1.807, 2.05) is 0 Å². The second-order valence-corrected chi connectivity index (χ2v) is 9.21. The molecule has 0 heterocycles. The molecule has 0 amide bonds. The summed E-state index contributed by atoms with van der Waals surface area (Å²) in [7, 11) is -3.19. The molecule has 0 aromatic carbocycles. The van der Waals surface area contributed by atoms with Crippen LogP contribution in [0.15, 0.2) is 0 Å². The Bertz CT molecular complexity index is 281. The zero-order valence-electron chi connectivity index (χ0n) is 9.83. The fraction of sp³-hybridized carbons (Fsp3) is 1.00. The highest BCUT2D eigenvalue weighted by molar-refractivity contribution is 7.62. The van der Waals surface area contributed by atoms with Gasteiger partial charge in [-0.15, -0.1) is 11.6 Å². The van der Waals surface area contributed by atoms with E-state index in [0.717, 1.165) is 51.4 Å². The minimum absolute atomic E-state index is 0.0168. The van der Waals surface area contributed by atoms with Crippen LogP contribution >= 0.6 is 19.0 Å². The molecule has 2 aliphatic carbocycles. The average Bonchev–Trinajstić information content (AvgIpc) is 2.31. The SMILES string of the molecule is O=P(O)(C1CCCCC1)C1(Cl)CCCCC1. The van der Waals surface area contributed by atoms with Crippen LogP contribution in [0, 0.1) is 0 Å². The molecule has 0 spiro atoms. The highest BCUT2D eigenvalue weighted by Crippen LogP contribution is 2.68. The van der Waals surface area contributed by atoms with Gasteiger partial charge in [-0.3, -0.25) is 4.57 Å². The van der Waals surface area contributed by atoms with Gasteiger partial charge in [-0.25, -0.2) is 0 Å². The van der Waals surface area contributed by atoms with Crippen LogP contribution in [0.3, 0.4) is 0 Å². The van der Waals surface area contributed by atoms with Gasteiger partial charge in [-0.05, 0) is 25.7 Å². The van der Waals surface area contributed by atoms with Crippen LogP contribution in [0.4, 0.5) is 0 Å². The van der Waals surface area contributed by atoms with Crippen molar-refractivity contribution in [1.29, 1.82) is 0 Å². The standard InChI is InChI=1S/C12H22ClO2P/c13-12(9-5-2-6-10-12)16(14,15)11-7-3-1-4-8-11/h11H,1-10H2,(H,14,15). The van der Waals surface area contributed by atoms with Crippen molar-refractivity contribution in [3.63, 3.8) is 0 Å². The summed E-state index contributed by atoms with van der Waals surface area (Å²) in [5, 5.41) is 0. The third-order valence-electron chi connectivity index (χ3n) is 4.26. The first-order valence-electron chi connectivity index (χ1n) is 6.58. The second-order valence-electron chi connectivity index (χ2n) is 5.39. The van der Waals surface area contributed by atoms with E-state index >= 15 is 0 Å². The van der Waals surface area contributed by atoms with E-state index in [1.165, 1.54) is 12.8 Å². The van der Waals surface area contributed by atoms with E-state index in [4.69, 9.17) is 11.6 Å². The normalized spacial score (nSPS) is 30.9. The summed E-state index contributed by atoms with van der Waals surface area (Å²) in [6.45, 7) is 0. The molecule has 1 unspecified atom stereocenters. The number of hydrogen-bond donors (Lipinski definition) is 1. The number of halogens is 1. The first kappa shape index (κ1) is 12.9. The summed E-state index contributed by atoms with van der Waals surface area (Å²) in [5.74, 6) is 0. The molecule has 2 saturated carbocycles. The van der Waals surface area contributed by atoms with Crippen LogP contribution in [0.2, 0.25) is 0 Å². The lowest BCUT2D eigenvalue weighted by atomic mass is 9.99. The summed E-state index contributed by atoms with van der Waals surface area (Å²) in [6, 6.07) is 0. The van der Waals surface area contributed by atoms with Crippen LogP contribution < -0.4 is 0 Å². The lowest BCUT2D eigenvalue weighted by Crippen LogP contribution is -2.31. The van der Waals surface area contributed by atoms with Gasteiger partial charge < -0.3 is 4.89 Å². The Morgan fingerprint density at radius 2 is 1.50 bits per heavy atom. The summed E-state index contributed by atoms with van der Waals surface area (Å²) in [4.78, 5) is 10.4. The summed E-state index contributed by atoms with van der Waals surface area (Å²) >= 11 is 6.49. The van der Waals surface area contributed by atoms with Gasteiger partial charge in [-0.2, -0.15) is 0 Å². The van der Waals surface area contributed by atoms with Gasteiger partial charge in [0.2, 0.25) is 7.37 Å². The van der Waals surface area contributed by atoms with Gasteiger partial charge in [0.25, 0.3) is 0 Å². The van der Waals surface area contributed by atoms with Gasteiger partial charge in [0.15, 0.2) is 0 Å². The van der Waals surface area contributed by atoms with Crippen LogP contribution in [-0.4, -0.2) is 15.2 Å². The summed E-state index contributed by atoms with van der Waals surface area (Å²) < 4.78 is 11.9.